The largest absolute Gasteiger partial charge is 0.372 e. The van der Waals surface area contributed by atoms with Gasteiger partial charge in [-0.25, -0.2) is 0 Å². The molecular formula is C28H39N3. The molecule has 166 valence electrons. The van der Waals surface area contributed by atoms with Crippen LogP contribution in [0.15, 0.2) is 84.9 Å². The zero-order chi connectivity index (χ0) is 22.6. The Morgan fingerprint density at radius 3 is 1.19 bits per heavy atom. The first kappa shape index (κ1) is 24.3. The molecular weight excluding hydrogens is 378 g/mol. The van der Waals surface area contributed by atoms with Crippen LogP contribution in [-0.4, -0.2) is 26.2 Å². The van der Waals surface area contributed by atoms with Gasteiger partial charge in [-0.3, -0.25) is 0 Å². The van der Waals surface area contributed by atoms with E-state index in [0.717, 1.165) is 11.4 Å². The number of hydrogen-bond donors (Lipinski definition) is 1. The van der Waals surface area contributed by atoms with E-state index in [1.165, 1.54) is 24.2 Å². The molecule has 0 saturated heterocycles. The van der Waals surface area contributed by atoms with Crippen molar-refractivity contribution in [1.29, 1.82) is 0 Å². The third-order valence-electron chi connectivity index (χ3n) is 6.00. The lowest BCUT2D eigenvalue weighted by Gasteiger charge is -2.29. The number of hydrogen-bond acceptors (Lipinski definition) is 3. The van der Waals surface area contributed by atoms with Gasteiger partial charge in [0.25, 0.3) is 0 Å². The number of nitrogens with one attached hydrogen (secondary N) is 1. The van der Waals surface area contributed by atoms with Crippen LogP contribution in [0.4, 0.5) is 22.7 Å². The lowest BCUT2D eigenvalue weighted by molar-refractivity contribution is 0.660. The molecule has 0 aromatic heterocycles. The number of anilines is 4. The molecule has 2 unspecified atom stereocenters. The van der Waals surface area contributed by atoms with Crippen molar-refractivity contribution in [2.75, 3.05) is 29.2 Å². The molecule has 1 N–H and O–H groups in total. The predicted octanol–water partition coefficient (Wildman–Crippen LogP) is 7.59. The number of benzene rings is 3. The van der Waals surface area contributed by atoms with Gasteiger partial charge in [-0.1, -0.05) is 50.2 Å². The monoisotopic (exact) mass is 417 g/mol. The summed E-state index contributed by atoms with van der Waals surface area (Å²) in [4.78, 5) is 4.68. The van der Waals surface area contributed by atoms with Crippen molar-refractivity contribution in [3.05, 3.63) is 84.9 Å². The number of nitrogens with zero attached hydrogens (tertiary/aromatic N) is 2. The standard InChI is InChI=1S/C16H28N2.C12H11N/c1-7-13(3)17(5)15-9-11-16(12-10-15)18(6)14(4)8-2;1-3-7-11(8-4-1)13-12-9-5-2-6-10-12/h9-14H,7-8H2,1-6H3;1-10,13H. The predicted molar refractivity (Wildman–Crippen MR) is 139 cm³/mol. The lowest BCUT2D eigenvalue weighted by atomic mass is 10.1. The zero-order valence-corrected chi connectivity index (χ0v) is 20.0. The van der Waals surface area contributed by atoms with Crippen molar-refractivity contribution in [2.24, 2.45) is 0 Å². The summed E-state index contributed by atoms with van der Waals surface area (Å²) in [5, 5.41) is 3.30. The SMILES string of the molecule is CCC(C)N(C)c1ccc(N(C)C(C)CC)cc1.c1ccc(Nc2ccccc2)cc1. The average Bonchev–Trinajstić information content (AvgIpc) is 2.84. The molecule has 0 bridgehead atoms. The third kappa shape index (κ3) is 7.67. The average molecular weight is 418 g/mol. The molecule has 0 radical (unpaired) electrons. The molecule has 3 aromatic rings. The van der Waals surface area contributed by atoms with Gasteiger partial charge in [0.1, 0.15) is 0 Å². The zero-order valence-electron chi connectivity index (χ0n) is 20.0. The third-order valence-corrected chi connectivity index (χ3v) is 6.00. The van der Waals surface area contributed by atoms with Gasteiger partial charge < -0.3 is 15.1 Å². The number of rotatable bonds is 8. The molecule has 0 aliphatic rings. The van der Waals surface area contributed by atoms with Gasteiger partial charge in [0.05, 0.1) is 0 Å². The van der Waals surface area contributed by atoms with Crippen molar-refractivity contribution in [3.63, 3.8) is 0 Å². The van der Waals surface area contributed by atoms with Crippen molar-refractivity contribution < 1.29 is 0 Å². The minimum absolute atomic E-state index is 0.586. The van der Waals surface area contributed by atoms with Gasteiger partial charge in [-0.05, 0) is 75.2 Å². The van der Waals surface area contributed by atoms with E-state index in [-0.39, 0.29) is 0 Å². The van der Waals surface area contributed by atoms with Crippen LogP contribution in [0.2, 0.25) is 0 Å². The van der Waals surface area contributed by atoms with Crippen LogP contribution in [-0.2, 0) is 0 Å². The molecule has 0 heterocycles. The maximum absolute atomic E-state index is 3.30. The van der Waals surface area contributed by atoms with E-state index in [4.69, 9.17) is 0 Å². The molecule has 0 aliphatic carbocycles. The molecule has 3 aromatic carbocycles. The molecule has 0 spiro atoms. The summed E-state index contributed by atoms with van der Waals surface area (Å²) in [7, 11) is 4.34. The van der Waals surface area contributed by atoms with Crippen molar-refractivity contribution in [2.45, 2.75) is 52.6 Å². The normalized spacial score (nSPS) is 12.2. The van der Waals surface area contributed by atoms with Gasteiger partial charge in [0, 0.05) is 48.9 Å². The van der Waals surface area contributed by atoms with E-state index < -0.39 is 0 Å². The molecule has 31 heavy (non-hydrogen) atoms. The fraction of sp³-hybridized carbons (Fsp3) is 0.357. The summed E-state index contributed by atoms with van der Waals surface area (Å²) in [6, 6.07) is 30.4. The summed E-state index contributed by atoms with van der Waals surface area (Å²) in [6.07, 6.45) is 2.34. The van der Waals surface area contributed by atoms with Crippen molar-refractivity contribution in [1.82, 2.24) is 0 Å². The fourth-order valence-electron chi connectivity index (χ4n) is 3.19. The second-order valence-corrected chi connectivity index (χ2v) is 8.11. The summed E-state index contributed by atoms with van der Waals surface area (Å²) < 4.78 is 0. The summed E-state index contributed by atoms with van der Waals surface area (Å²) in [5.74, 6) is 0. The van der Waals surface area contributed by atoms with Gasteiger partial charge in [-0.2, -0.15) is 0 Å². The van der Waals surface area contributed by atoms with Crippen molar-refractivity contribution in [3.8, 4) is 0 Å². The smallest absolute Gasteiger partial charge is 0.0384 e. The highest BCUT2D eigenvalue weighted by atomic mass is 15.1. The molecule has 3 heteroatoms. The van der Waals surface area contributed by atoms with Crippen LogP contribution in [0.5, 0.6) is 0 Å². The molecule has 3 rings (SSSR count). The quantitative estimate of drug-likeness (QED) is 0.407. The Kier molecular flexibility index (Phi) is 9.96. The Bertz CT molecular complexity index is 774. The molecule has 0 amide bonds. The first-order chi connectivity index (χ1) is 15.0. The van der Waals surface area contributed by atoms with Gasteiger partial charge in [0.2, 0.25) is 0 Å². The minimum Gasteiger partial charge on any atom is -0.372 e. The highest BCUT2D eigenvalue weighted by molar-refractivity contribution is 5.59. The van der Waals surface area contributed by atoms with Crippen LogP contribution in [0, 0.1) is 0 Å². The maximum Gasteiger partial charge on any atom is 0.0384 e. The first-order valence-electron chi connectivity index (χ1n) is 11.4. The highest BCUT2D eigenvalue weighted by Gasteiger charge is 2.10. The van der Waals surface area contributed by atoms with E-state index in [2.05, 4.69) is 81.2 Å². The summed E-state index contributed by atoms with van der Waals surface area (Å²) >= 11 is 0. The van der Waals surface area contributed by atoms with E-state index in [1.54, 1.807) is 0 Å². The Balaban J connectivity index is 0.000000231. The first-order valence-corrected chi connectivity index (χ1v) is 11.4. The van der Waals surface area contributed by atoms with Gasteiger partial charge in [-0.15, -0.1) is 0 Å². The summed E-state index contributed by atoms with van der Waals surface area (Å²) in [6.45, 7) is 8.98. The second kappa shape index (κ2) is 12.7. The minimum atomic E-state index is 0.586. The highest BCUT2D eigenvalue weighted by Crippen LogP contribution is 2.23. The van der Waals surface area contributed by atoms with Crippen molar-refractivity contribution >= 4 is 22.7 Å². The fourth-order valence-corrected chi connectivity index (χ4v) is 3.19. The number of para-hydroxylation sites is 2. The molecule has 0 saturated carbocycles. The van der Waals surface area contributed by atoms with E-state index >= 15 is 0 Å². The molecule has 0 fully saturated rings. The van der Waals surface area contributed by atoms with E-state index in [0.29, 0.717) is 12.1 Å². The second-order valence-electron chi connectivity index (χ2n) is 8.11. The Morgan fingerprint density at radius 2 is 0.903 bits per heavy atom. The van der Waals surface area contributed by atoms with E-state index in [1.807, 2.05) is 60.7 Å². The Morgan fingerprint density at radius 1 is 0.581 bits per heavy atom. The Labute approximate surface area is 189 Å². The van der Waals surface area contributed by atoms with Crippen LogP contribution >= 0.6 is 0 Å². The lowest BCUT2D eigenvalue weighted by Crippen LogP contribution is -2.29. The van der Waals surface area contributed by atoms with Crippen LogP contribution in [0.25, 0.3) is 0 Å². The molecule has 3 nitrogen and oxygen atoms in total. The van der Waals surface area contributed by atoms with Crippen LogP contribution < -0.4 is 15.1 Å². The van der Waals surface area contributed by atoms with Crippen LogP contribution in [0.1, 0.15) is 40.5 Å². The molecule has 2 atom stereocenters. The Hall–Kier alpha value is -2.94. The maximum atomic E-state index is 3.30. The summed E-state index contributed by atoms with van der Waals surface area (Å²) in [5.41, 5.74) is 4.83. The van der Waals surface area contributed by atoms with Gasteiger partial charge >= 0.3 is 0 Å². The molecule has 0 aliphatic heterocycles. The van der Waals surface area contributed by atoms with Crippen LogP contribution in [0.3, 0.4) is 0 Å². The van der Waals surface area contributed by atoms with E-state index in [9.17, 15) is 0 Å². The van der Waals surface area contributed by atoms with Gasteiger partial charge in [0.15, 0.2) is 0 Å². The topological polar surface area (TPSA) is 18.5 Å².